The van der Waals surface area contributed by atoms with Crippen LogP contribution in [0.25, 0.3) is 0 Å². The van der Waals surface area contributed by atoms with Crippen molar-refractivity contribution in [1.82, 2.24) is 0 Å². The lowest BCUT2D eigenvalue weighted by molar-refractivity contribution is -0.119. The Morgan fingerprint density at radius 1 is 1.25 bits per heavy atom. The highest BCUT2D eigenvalue weighted by atomic mass is 32.2. The Balaban J connectivity index is 1.72. The summed E-state index contributed by atoms with van der Waals surface area (Å²) in [6.45, 7) is -0.108. The summed E-state index contributed by atoms with van der Waals surface area (Å²) < 4.78 is 35.7. The van der Waals surface area contributed by atoms with Crippen LogP contribution in [-0.2, 0) is 19.4 Å². The molecule has 0 unspecified atom stereocenters. The summed E-state index contributed by atoms with van der Waals surface area (Å²) in [6, 6.07) is 11.2. The van der Waals surface area contributed by atoms with Crippen molar-refractivity contribution < 1.29 is 27.5 Å². The minimum atomic E-state index is -3.72. The Hall–Kier alpha value is -3.07. The number of carbonyl (C=O) groups is 2. The van der Waals surface area contributed by atoms with Gasteiger partial charge >= 0.3 is 0 Å². The molecule has 2 amide bonds. The van der Waals surface area contributed by atoms with Gasteiger partial charge in [-0.05, 0) is 30.3 Å². The highest BCUT2D eigenvalue weighted by molar-refractivity contribution is 7.91. The molecule has 0 spiro atoms. The molecule has 0 atom stereocenters. The molecule has 0 bridgehead atoms. The molecule has 0 saturated carbocycles. The van der Waals surface area contributed by atoms with Gasteiger partial charge in [0.25, 0.3) is 5.91 Å². The predicted molar refractivity (Wildman–Crippen MR) is 104 cm³/mol. The molecule has 9 heteroatoms. The number of ether oxygens (including phenoxy) is 2. The standard InChI is InChI=1S/C19H20N2O6S/c1-21(15-5-3-4-6-17(15)26-2)19(23)9-10-28(24,25)13-7-8-16-14(11-13)20-18(22)12-27-16/h3-8,11H,9-10,12H2,1-2H3,(H,20,22). The molecular weight excluding hydrogens is 384 g/mol. The predicted octanol–water partition coefficient (Wildman–Crippen LogP) is 1.85. The van der Waals surface area contributed by atoms with Crippen molar-refractivity contribution in [2.75, 3.05) is 36.7 Å². The summed E-state index contributed by atoms with van der Waals surface area (Å²) in [5.74, 6) is -0.144. The summed E-state index contributed by atoms with van der Waals surface area (Å²) in [4.78, 5) is 25.3. The van der Waals surface area contributed by atoms with Crippen molar-refractivity contribution in [2.24, 2.45) is 0 Å². The highest BCUT2D eigenvalue weighted by Gasteiger charge is 2.23. The van der Waals surface area contributed by atoms with E-state index >= 15 is 0 Å². The second-order valence-corrected chi connectivity index (χ2v) is 8.30. The van der Waals surface area contributed by atoms with E-state index in [-0.39, 0.29) is 35.5 Å². The number of nitrogens with one attached hydrogen (secondary N) is 1. The van der Waals surface area contributed by atoms with E-state index in [1.807, 2.05) is 0 Å². The lowest BCUT2D eigenvalue weighted by Gasteiger charge is -2.20. The Morgan fingerprint density at radius 2 is 2.00 bits per heavy atom. The first-order valence-electron chi connectivity index (χ1n) is 8.51. The third-order valence-corrected chi connectivity index (χ3v) is 6.06. The van der Waals surface area contributed by atoms with E-state index in [1.54, 1.807) is 31.3 Å². The molecule has 148 valence electrons. The molecule has 1 aliphatic heterocycles. The van der Waals surface area contributed by atoms with Crippen LogP contribution >= 0.6 is 0 Å². The van der Waals surface area contributed by atoms with E-state index in [4.69, 9.17) is 9.47 Å². The average Bonchev–Trinajstić information content (AvgIpc) is 2.70. The number of fused-ring (bicyclic) bond motifs is 1. The third-order valence-electron chi connectivity index (χ3n) is 4.35. The summed E-state index contributed by atoms with van der Waals surface area (Å²) in [5.41, 5.74) is 0.857. The van der Waals surface area contributed by atoms with Crippen molar-refractivity contribution in [2.45, 2.75) is 11.3 Å². The minimum absolute atomic E-state index is 0.0183. The quantitative estimate of drug-likeness (QED) is 0.788. The summed E-state index contributed by atoms with van der Waals surface area (Å²) in [7, 11) is -0.655. The molecule has 1 aliphatic rings. The smallest absolute Gasteiger partial charge is 0.262 e. The maximum absolute atomic E-state index is 12.6. The largest absolute Gasteiger partial charge is 0.495 e. The van der Waals surface area contributed by atoms with Gasteiger partial charge in [0.2, 0.25) is 5.91 Å². The zero-order valence-electron chi connectivity index (χ0n) is 15.5. The van der Waals surface area contributed by atoms with Gasteiger partial charge in [0, 0.05) is 13.5 Å². The van der Waals surface area contributed by atoms with Gasteiger partial charge in [-0.25, -0.2) is 8.42 Å². The first kappa shape index (κ1) is 19.7. The monoisotopic (exact) mass is 404 g/mol. The normalized spacial score (nSPS) is 13.1. The van der Waals surface area contributed by atoms with Gasteiger partial charge in [0.1, 0.15) is 11.5 Å². The Bertz CT molecular complexity index is 1020. The van der Waals surface area contributed by atoms with Crippen molar-refractivity contribution in [3.8, 4) is 11.5 Å². The number of nitrogens with zero attached hydrogens (tertiary/aromatic N) is 1. The molecular formula is C19H20N2O6S. The van der Waals surface area contributed by atoms with E-state index in [1.165, 1.54) is 30.2 Å². The number of hydrogen-bond acceptors (Lipinski definition) is 6. The van der Waals surface area contributed by atoms with Crippen LogP contribution < -0.4 is 19.7 Å². The number of carbonyl (C=O) groups excluding carboxylic acids is 2. The molecule has 2 aromatic carbocycles. The van der Waals surface area contributed by atoms with Crippen molar-refractivity contribution in [3.05, 3.63) is 42.5 Å². The van der Waals surface area contributed by atoms with Gasteiger partial charge in [-0.2, -0.15) is 0 Å². The summed E-state index contributed by atoms with van der Waals surface area (Å²) >= 11 is 0. The second-order valence-electron chi connectivity index (χ2n) is 6.19. The van der Waals surface area contributed by atoms with Gasteiger partial charge in [-0.3, -0.25) is 9.59 Å². The number of rotatable bonds is 6. The van der Waals surface area contributed by atoms with E-state index < -0.39 is 9.84 Å². The SMILES string of the molecule is COc1ccccc1N(C)C(=O)CCS(=O)(=O)c1ccc2c(c1)NC(=O)CO2. The van der Waals surface area contributed by atoms with E-state index in [2.05, 4.69) is 5.32 Å². The molecule has 0 aromatic heterocycles. The number of benzene rings is 2. The number of amides is 2. The number of para-hydroxylation sites is 2. The topological polar surface area (TPSA) is 102 Å². The van der Waals surface area contributed by atoms with E-state index in [0.717, 1.165) is 0 Å². The van der Waals surface area contributed by atoms with Crippen LogP contribution in [-0.4, -0.2) is 46.7 Å². The fourth-order valence-electron chi connectivity index (χ4n) is 2.80. The number of anilines is 2. The average molecular weight is 404 g/mol. The first-order chi connectivity index (χ1) is 13.3. The zero-order valence-corrected chi connectivity index (χ0v) is 16.3. The van der Waals surface area contributed by atoms with E-state index in [0.29, 0.717) is 22.9 Å². The number of methoxy groups -OCH3 is 1. The molecule has 0 aliphatic carbocycles. The Kier molecular flexibility index (Phi) is 5.55. The van der Waals surface area contributed by atoms with Crippen LogP contribution in [0.3, 0.4) is 0 Å². The third kappa shape index (κ3) is 4.09. The fraction of sp³-hybridized carbons (Fsp3) is 0.263. The van der Waals surface area contributed by atoms with Crippen molar-refractivity contribution in [3.63, 3.8) is 0 Å². The van der Waals surface area contributed by atoms with Gasteiger partial charge in [0.15, 0.2) is 16.4 Å². The van der Waals surface area contributed by atoms with Gasteiger partial charge < -0.3 is 19.7 Å². The fourth-order valence-corrected chi connectivity index (χ4v) is 4.06. The summed E-state index contributed by atoms with van der Waals surface area (Å²) in [6.07, 6.45) is -0.198. The zero-order chi connectivity index (χ0) is 20.3. The maximum atomic E-state index is 12.6. The molecule has 3 rings (SSSR count). The molecule has 8 nitrogen and oxygen atoms in total. The molecule has 1 heterocycles. The molecule has 1 N–H and O–H groups in total. The first-order valence-corrected chi connectivity index (χ1v) is 10.2. The molecule has 0 fully saturated rings. The van der Waals surface area contributed by atoms with E-state index in [9.17, 15) is 18.0 Å². The molecule has 0 radical (unpaired) electrons. The maximum Gasteiger partial charge on any atom is 0.262 e. The Morgan fingerprint density at radius 3 is 2.75 bits per heavy atom. The van der Waals surface area contributed by atoms with Crippen LogP contribution in [0.15, 0.2) is 47.4 Å². The lowest BCUT2D eigenvalue weighted by atomic mass is 10.2. The van der Waals surface area contributed by atoms with Crippen LogP contribution in [0, 0.1) is 0 Å². The number of sulfone groups is 1. The van der Waals surface area contributed by atoms with Crippen LogP contribution in [0.4, 0.5) is 11.4 Å². The second kappa shape index (κ2) is 7.89. The van der Waals surface area contributed by atoms with Gasteiger partial charge in [0.05, 0.1) is 29.1 Å². The van der Waals surface area contributed by atoms with Crippen LogP contribution in [0.1, 0.15) is 6.42 Å². The molecule has 0 saturated heterocycles. The molecule has 28 heavy (non-hydrogen) atoms. The van der Waals surface area contributed by atoms with Crippen LogP contribution in [0.5, 0.6) is 11.5 Å². The number of hydrogen-bond donors (Lipinski definition) is 1. The Labute approximate surface area is 163 Å². The minimum Gasteiger partial charge on any atom is -0.495 e. The highest BCUT2D eigenvalue weighted by Crippen LogP contribution is 2.31. The van der Waals surface area contributed by atoms with Crippen molar-refractivity contribution >= 4 is 33.0 Å². The van der Waals surface area contributed by atoms with Gasteiger partial charge in [-0.1, -0.05) is 12.1 Å². The molecule has 2 aromatic rings. The lowest BCUT2D eigenvalue weighted by Crippen LogP contribution is -2.28. The summed E-state index contributed by atoms with van der Waals surface area (Å²) in [5, 5.41) is 2.57. The van der Waals surface area contributed by atoms with Gasteiger partial charge in [-0.15, -0.1) is 0 Å². The van der Waals surface area contributed by atoms with Crippen LogP contribution in [0.2, 0.25) is 0 Å². The van der Waals surface area contributed by atoms with Crippen molar-refractivity contribution in [1.29, 1.82) is 0 Å².